The summed E-state index contributed by atoms with van der Waals surface area (Å²) in [6.07, 6.45) is 4.20. The predicted octanol–water partition coefficient (Wildman–Crippen LogP) is 3.39. The van der Waals surface area contributed by atoms with E-state index in [0.717, 1.165) is 30.8 Å². The van der Waals surface area contributed by atoms with Crippen molar-refractivity contribution in [2.45, 2.75) is 25.9 Å². The minimum atomic E-state index is -0.190. The van der Waals surface area contributed by atoms with Crippen molar-refractivity contribution in [3.8, 4) is 0 Å². The molecular weight excluding hydrogens is 402 g/mol. The van der Waals surface area contributed by atoms with Gasteiger partial charge >= 0.3 is 5.69 Å². The summed E-state index contributed by atoms with van der Waals surface area (Å²) in [5.41, 5.74) is 3.79. The first kappa shape index (κ1) is 20.2. The van der Waals surface area contributed by atoms with Crippen LogP contribution in [-0.2, 0) is 13.1 Å². The minimum absolute atomic E-state index is 0.143. The van der Waals surface area contributed by atoms with Crippen molar-refractivity contribution >= 4 is 17.2 Å². The van der Waals surface area contributed by atoms with Crippen molar-refractivity contribution in [2.24, 2.45) is 0 Å². The molecule has 3 heterocycles. The molecule has 0 saturated carbocycles. The zero-order valence-corrected chi connectivity index (χ0v) is 17.8. The molecule has 1 saturated heterocycles. The highest BCUT2D eigenvalue weighted by molar-refractivity contribution is 6.04. The number of aromatic nitrogens is 3. The van der Waals surface area contributed by atoms with Gasteiger partial charge < -0.3 is 5.32 Å². The molecule has 1 fully saturated rings. The number of carbonyl (C=O) groups excluding carboxylic acids is 1. The largest absolute Gasteiger partial charge is 0.350 e. The minimum Gasteiger partial charge on any atom is -0.322 e. The number of anilines is 1. The smallest absolute Gasteiger partial charge is 0.322 e. The van der Waals surface area contributed by atoms with Gasteiger partial charge in [0.25, 0.3) is 5.91 Å². The Bertz CT molecular complexity index is 1320. The lowest BCUT2D eigenvalue weighted by atomic mass is 10.1. The van der Waals surface area contributed by atoms with Gasteiger partial charge in [-0.05, 0) is 73.5 Å². The third-order valence-corrected chi connectivity index (χ3v) is 5.80. The summed E-state index contributed by atoms with van der Waals surface area (Å²) in [4.78, 5) is 27.8. The highest BCUT2D eigenvalue weighted by Gasteiger charge is 2.13. The molecule has 7 nitrogen and oxygen atoms in total. The topological polar surface area (TPSA) is 71.6 Å². The molecule has 162 valence electrons. The van der Waals surface area contributed by atoms with Crippen molar-refractivity contribution in [3.05, 3.63) is 100 Å². The Kier molecular flexibility index (Phi) is 5.56. The molecule has 0 spiro atoms. The van der Waals surface area contributed by atoms with Crippen LogP contribution in [0.4, 0.5) is 5.69 Å². The molecule has 1 aliphatic rings. The van der Waals surface area contributed by atoms with E-state index in [2.05, 4.69) is 21.4 Å². The molecule has 0 bridgehead atoms. The monoisotopic (exact) mass is 427 g/mol. The maximum absolute atomic E-state index is 12.8. The lowest BCUT2D eigenvalue weighted by molar-refractivity contribution is 0.102. The summed E-state index contributed by atoms with van der Waals surface area (Å²) in [7, 11) is 0. The Morgan fingerprint density at radius 2 is 1.69 bits per heavy atom. The van der Waals surface area contributed by atoms with Crippen molar-refractivity contribution in [3.63, 3.8) is 0 Å². The molecule has 7 heteroatoms. The van der Waals surface area contributed by atoms with Crippen LogP contribution >= 0.6 is 0 Å². The number of carbonyl (C=O) groups is 1. The van der Waals surface area contributed by atoms with E-state index in [4.69, 9.17) is 0 Å². The zero-order chi connectivity index (χ0) is 21.9. The molecule has 1 amide bonds. The van der Waals surface area contributed by atoms with E-state index in [-0.39, 0.29) is 11.6 Å². The molecule has 2 aromatic heterocycles. The number of fused-ring (bicyclic) bond motifs is 1. The number of hydrogen-bond donors (Lipinski definition) is 1. The lowest BCUT2D eigenvalue weighted by Crippen LogP contribution is -2.21. The Morgan fingerprint density at radius 1 is 0.906 bits per heavy atom. The van der Waals surface area contributed by atoms with Crippen molar-refractivity contribution in [2.75, 3.05) is 18.4 Å². The fraction of sp³-hybridized carbons (Fsp3) is 0.240. The Morgan fingerprint density at radius 3 is 2.50 bits per heavy atom. The summed E-state index contributed by atoms with van der Waals surface area (Å²) in [6, 6.07) is 20.8. The Balaban J connectivity index is 1.30. The third kappa shape index (κ3) is 4.33. The maximum Gasteiger partial charge on any atom is 0.350 e. The van der Waals surface area contributed by atoms with Crippen molar-refractivity contribution in [1.82, 2.24) is 19.1 Å². The van der Waals surface area contributed by atoms with Gasteiger partial charge in [0.1, 0.15) is 0 Å². The number of likely N-dealkylation sites (tertiary alicyclic amines) is 1. The zero-order valence-electron chi connectivity index (χ0n) is 17.8. The van der Waals surface area contributed by atoms with Crippen LogP contribution in [0.2, 0.25) is 0 Å². The number of benzene rings is 2. The Labute approximate surface area is 185 Å². The second-order valence-corrected chi connectivity index (χ2v) is 8.21. The summed E-state index contributed by atoms with van der Waals surface area (Å²) in [6.45, 7) is 3.46. The van der Waals surface area contributed by atoms with E-state index in [9.17, 15) is 9.59 Å². The quantitative estimate of drug-likeness (QED) is 0.512. The van der Waals surface area contributed by atoms with Crippen LogP contribution in [0.15, 0.2) is 77.7 Å². The highest BCUT2D eigenvalue weighted by Crippen LogP contribution is 2.16. The van der Waals surface area contributed by atoms with Gasteiger partial charge in [0, 0.05) is 24.0 Å². The maximum atomic E-state index is 12.8. The summed E-state index contributed by atoms with van der Waals surface area (Å²) in [5.74, 6) is -0.143. The van der Waals surface area contributed by atoms with E-state index >= 15 is 0 Å². The average Bonchev–Trinajstić information content (AvgIpc) is 3.42. The van der Waals surface area contributed by atoms with E-state index in [1.165, 1.54) is 21.9 Å². The van der Waals surface area contributed by atoms with Crippen LogP contribution in [0.25, 0.3) is 5.65 Å². The van der Waals surface area contributed by atoms with E-state index in [1.807, 2.05) is 48.5 Å². The highest BCUT2D eigenvalue weighted by atomic mass is 16.2. The summed E-state index contributed by atoms with van der Waals surface area (Å²) < 4.78 is 2.94. The standard InChI is InChI=1S/C25H25N5O2/c31-24(21-9-5-7-19(15-21)17-28-12-3-4-13-28)26-22-10-6-8-20(16-22)18-30-25(32)29-14-2-1-11-23(29)27-30/h1-2,5-11,14-16H,3-4,12-13,17-18H2,(H,26,31). The number of hydrogen-bond acceptors (Lipinski definition) is 4. The number of amides is 1. The number of pyridine rings is 1. The van der Waals surface area contributed by atoms with Crippen LogP contribution in [0, 0.1) is 0 Å². The fourth-order valence-corrected chi connectivity index (χ4v) is 4.20. The first-order valence-electron chi connectivity index (χ1n) is 10.9. The third-order valence-electron chi connectivity index (χ3n) is 5.80. The van der Waals surface area contributed by atoms with Crippen molar-refractivity contribution < 1.29 is 4.79 Å². The summed E-state index contributed by atoms with van der Waals surface area (Å²) >= 11 is 0. The molecule has 5 rings (SSSR count). The van der Waals surface area contributed by atoms with Crippen LogP contribution in [0.1, 0.15) is 34.3 Å². The number of nitrogens with zero attached hydrogens (tertiary/aromatic N) is 4. The SMILES string of the molecule is O=C(Nc1cccc(Cn2nc3ccccn3c2=O)c1)c1cccc(CN2CCCC2)c1. The van der Waals surface area contributed by atoms with Gasteiger partial charge in [0.05, 0.1) is 6.54 Å². The van der Waals surface area contributed by atoms with Gasteiger partial charge in [0.15, 0.2) is 5.65 Å². The first-order valence-corrected chi connectivity index (χ1v) is 10.9. The van der Waals surface area contributed by atoms with Gasteiger partial charge in [-0.2, -0.15) is 0 Å². The summed E-state index contributed by atoms with van der Waals surface area (Å²) in [5, 5.41) is 7.35. The van der Waals surface area contributed by atoms with E-state index < -0.39 is 0 Å². The van der Waals surface area contributed by atoms with Gasteiger partial charge in [-0.25, -0.2) is 9.48 Å². The second-order valence-electron chi connectivity index (χ2n) is 8.21. The average molecular weight is 428 g/mol. The van der Waals surface area contributed by atoms with Crippen LogP contribution in [-0.4, -0.2) is 38.1 Å². The lowest BCUT2D eigenvalue weighted by Gasteiger charge is -2.15. The van der Waals surface area contributed by atoms with Gasteiger partial charge in [0.2, 0.25) is 0 Å². The first-order chi connectivity index (χ1) is 15.7. The fourth-order valence-electron chi connectivity index (χ4n) is 4.20. The molecule has 1 aliphatic heterocycles. The molecule has 1 N–H and O–H groups in total. The molecule has 0 radical (unpaired) electrons. The van der Waals surface area contributed by atoms with Gasteiger partial charge in [-0.1, -0.05) is 30.3 Å². The predicted molar refractivity (Wildman–Crippen MR) is 124 cm³/mol. The van der Waals surface area contributed by atoms with E-state index in [1.54, 1.807) is 18.3 Å². The number of rotatable bonds is 6. The molecule has 2 aromatic carbocycles. The molecule has 0 aliphatic carbocycles. The molecule has 0 atom stereocenters. The number of nitrogens with one attached hydrogen (secondary N) is 1. The Hall–Kier alpha value is -3.71. The van der Waals surface area contributed by atoms with Gasteiger partial charge in [-0.3, -0.25) is 14.1 Å². The van der Waals surface area contributed by atoms with Crippen LogP contribution in [0.5, 0.6) is 0 Å². The molecule has 32 heavy (non-hydrogen) atoms. The molecule has 4 aromatic rings. The van der Waals surface area contributed by atoms with Crippen LogP contribution in [0.3, 0.4) is 0 Å². The molecule has 0 unspecified atom stereocenters. The van der Waals surface area contributed by atoms with Crippen LogP contribution < -0.4 is 11.0 Å². The van der Waals surface area contributed by atoms with Gasteiger partial charge in [-0.15, -0.1) is 5.10 Å². The van der Waals surface area contributed by atoms with Crippen molar-refractivity contribution in [1.29, 1.82) is 0 Å². The normalized spacial score (nSPS) is 14.1. The second kappa shape index (κ2) is 8.80. The molecular formula is C25H25N5O2. The van der Waals surface area contributed by atoms with E-state index in [0.29, 0.717) is 23.4 Å².